The number of carbonyl (C=O) groups excluding carboxylic acids is 1. The SMILES string of the molecule is O=C(Nc1cc(Cl)ccc1Cl)N1CCN(c2cc(-n3cncn3)ncn2)CC1. The monoisotopic (exact) mass is 418 g/mol. The second-order valence-electron chi connectivity index (χ2n) is 6.10. The first-order chi connectivity index (χ1) is 13.6. The minimum absolute atomic E-state index is 0.213. The number of carbonyl (C=O) groups is 1. The molecule has 1 fully saturated rings. The van der Waals surface area contributed by atoms with Crippen molar-refractivity contribution in [2.75, 3.05) is 36.4 Å². The molecule has 1 aliphatic rings. The van der Waals surface area contributed by atoms with Crippen molar-refractivity contribution in [2.24, 2.45) is 0 Å². The summed E-state index contributed by atoms with van der Waals surface area (Å²) in [5.74, 6) is 1.41. The third kappa shape index (κ3) is 4.00. The summed E-state index contributed by atoms with van der Waals surface area (Å²) in [7, 11) is 0. The van der Waals surface area contributed by atoms with E-state index in [-0.39, 0.29) is 6.03 Å². The maximum absolute atomic E-state index is 12.5. The van der Waals surface area contributed by atoms with Crippen LogP contribution in [0.3, 0.4) is 0 Å². The highest BCUT2D eigenvalue weighted by Gasteiger charge is 2.23. The third-order valence-corrected chi connectivity index (χ3v) is 4.92. The van der Waals surface area contributed by atoms with Gasteiger partial charge in [0.25, 0.3) is 0 Å². The largest absolute Gasteiger partial charge is 0.353 e. The predicted octanol–water partition coefficient (Wildman–Crippen LogP) is 2.72. The maximum atomic E-state index is 12.5. The van der Waals surface area contributed by atoms with Gasteiger partial charge in [-0.25, -0.2) is 24.4 Å². The molecule has 4 rings (SSSR count). The van der Waals surface area contributed by atoms with Crippen LogP contribution >= 0.6 is 23.2 Å². The summed E-state index contributed by atoms with van der Waals surface area (Å²) in [5, 5.41) is 7.84. The van der Waals surface area contributed by atoms with Crippen molar-refractivity contribution in [3.63, 3.8) is 0 Å². The number of nitrogens with zero attached hydrogens (tertiary/aromatic N) is 7. The Hall–Kier alpha value is -2.91. The van der Waals surface area contributed by atoms with Crippen LogP contribution in [0.25, 0.3) is 5.82 Å². The van der Waals surface area contributed by atoms with Crippen LogP contribution in [0.5, 0.6) is 0 Å². The Morgan fingerprint density at radius 1 is 1.00 bits per heavy atom. The molecule has 1 aromatic carbocycles. The number of rotatable bonds is 3. The van der Waals surface area contributed by atoms with Crippen molar-refractivity contribution < 1.29 is 4.79 Å². The summed E-state index contributed by atoms with van der Waals surface area (Å²) in [4.78, 5) is 28.8. The van der Waals surface area contributed by atoms with Crippen LogP contribution in [-0.4, -0.2) is 61.8 Å². The van der Waals surface area contributed by atoms with Crippen LogP contribution in [0.1, 0.15) is 0 Å². The number of benzene rings is 1. The summed E-state index contributed by atoms with van der Waals surface area (Å²) in [6.07, 6.45) is 4.52. The molecule has 0 saturated carbocycles. The van der Waals surface area contributed by atoms with Crippen molar-refractivity contribution in [1.82, 2.24) is 29.6 Å². The lowest BCUT2D eigenvalue weighted by Gasteiger charge is -2.35. The zero-order valence-electron chi connectivity index (χ0n) is 14.7. The van der Waals surface area contributed by atoms with E-state index < -0.39 is 0 Å². The van der Waals surface area contributed by atoms with E-state index in [1.54, 1.807) is 34.1 Å². The Balaban J connectivity index is 1.39. The number of urea groups is 1. The van der Waals surface area contributed by atoms with E-state index in [2.05, 4.69) is 30.3 Å². The van der Waals surface area contributed by atoms with E-state index in [0.717, 1.165) is 5.82 Å². The van der Waals surface area contributed by atoms with Gasteiger partial charge in [0.15, 0.2) is 5.82 Å². The Morgan fingerprint density at radius 3 is 2.54 bits per heavy atom. The van der Waals surface area contributed by atoms with Gasteiger partial charge in [0, 0.05) is 37.3 Å². The Morgan fingerprint density at radius 2 is 1.79 bits per heavy atom. The van der Waals surface area contributed by atoms with Crippen LogP contribution in [-0.2, 0) is 0 Å². The lowest BCUT2D eigenvalue weighted by molar-refractivity contribution is 0.208. The fourth-order valence-corrected chi connectivity index (χ4v) is 3.23. The number of anilines is 2. The van der Waals surface area contributed by atoms with Gasteiger partial charge in [-0.1, -0.05) is 23.2 Å². The molecule has 0 spiro atoms. The van der Waals surface area contributed by atoms with Gasteiger partial charge in [0.2, 0.25) is 0 Å². The first-order valence-corrected chi connectivity index (χ1v) is 9.29. The third-order valence-electron chi connectivity index (χ3n) is 4.35. The van der Waals surface area contributed by atoms with E-state index in [9.17, 15) is 4.79 Å². The van der Waals surface area contributed by atoms with Gasteiger partial charge in [-0.2, -0.15) is 5.10 Å². The molecule has 0 radical (unpaired) electrons. The average molecular weight is 419 g/mol. The lowest BCUT2D eigenvalue weighted by atomic mass is 10.3. The summed E-state index contributed by atoms with van der Waals surface area (Å²) in [6.45, 7) is 2.38. The number of hydrogen-bond donors (Lipinski definition) is 1. The van der Waals surface area contributed by atoms with E-state index >= 15 is 0 Å². The summed E-state index contributed by atoms with van der Waals surface area (Å²) in [6, 6.07) is 6.59. The van der Waals surface area contributed by atoms with Crippen molar-refractivity contribution in [1.29, 1.82) is 0 Å². The van der Waals surface area contributed by atoms with Gasteiger partial charge in [-0.15, -0.1) is 0 Å². The lowest BCUT2D eigenvalue weighted by Crippen LogP contribution is -2.50. The molecule has 0 bridgehead atoms. The Bertz CT molecular complexity index is 973. The smallest absolute Gasteiger partial charge is 0.322 e. The second-order valence-corrected chi connectivity index (χ2v) is 6.95. The Labute approximate surface area is 170 Å². The van der Waals surface area contributed by atoms with Crippen molar-refractivity contribution >= 4 is 40.7 Å². The molecule has 0 aliphatic carbocycles. The molecule has 28 heavy (non-hydrogen) atoms. The molecule has 2 aromatic heterocycles. The molecule has 144 valence electrons. The number of aromatic nitrogens is 5. The number of halogens is 2. The molecule has 2 amide bonds. The summed E-state index contributed by atoms with van der Waals surface area (Å²) < 4.78 is 1.57. The fraction of sp³-hybridized carbons (Fsp3) is 0.235. The first kappa shape index (κ1) is 18.5. The first-order valence-electron chi connectivity index (χ1n) is 8.53. The second kappa shape index (κ2) is 7.99. The highest BCUT2D eigenvalue weighted by molar-refractivity contribution is 6.35. The van der Waals surface area contributed by atoms with Gasteiger partial charge in [0.1, 0.15) is 24.8 Å². The molecule has 11 heteroatoms. The number of amides is 2. The minimum atomic E-state index is -0.213. The number of nitrogens with one attached hydrogen (secondary N) is 1. The molecule has 3 aromatic rings. The van der Waals surface area contributed by atoms with E-state index in [4.69, 9.17) is 23.2 Å². The van der Waals surface area contributed by atoms with Crippen LogP contribution in [0.15, 0.2) is 43.2 Å². The van der Waals surface area contributed by atoms with Crippen molar-refractivity contribution in [2.45, 2.75) is 0 Å². The standard InChI is InChI=1S/C17H16Cl2N8O/c18-12-1-2-13(19)14(7-12)24-17(28)26-5-3-25(4-6-26)15-8-16(22-10-21-15)27-11-20-9-23-27/h1-2,7-11H,3-6H2,(H,24,28). The summed E-state index contributed by atoms with van der Waals surface area (Å²) >= 11 is 12.1. The zero-order valence-corrected chi connectivity index (χ0v) is 16.2. The molecule has 3 heterocycles. The van der Waals surface area contributed by atoms with Gasteiger partial charge in [-0.05, 0) is 18.2 Å². The number of hydrogen-bond acceptors (Lipinski definition) is 6. The fourth-order valence-electron chi connectivity index (χ4n) is 2.89. The van der Waals surface area contributed by atoms with Gasteiger partial charge < -0.3 is 15.1 Å². The van der Waals surface area contributed by atoms with E-state index in [1.165, 1.54) is 12.7 Å². The normalized spacial score (nSPS) is 14.2. The molecular weight excluding hydrogens is 403 g/mol. The van der Waals surface area contributed by atoms with Crippen molar-refractivity contribution in [3.8, 4) is 5.82 Å². The average Bonchev–Trinajstić information content (AvgIpc) is 3.26. The topological polar surface area (TPSA) is 92.1 Å². The number of piperazine rings is 1. The van der Waals surface area contributed by atoms with Gasteiger partial charge in [-0.3, -0.25) is 0 Å². The molecule has 0 unspecified atom stereocenters. The zero-order chi connectivity index (χ0) is 19.5. The van der Waals surface area contributed by atoms with E-state index in [1.807, 2.05) is 6.07 Å². The van der Waals surface area contributed by atoms with E-state index in [0.29, 0.717) is 47.7 Å². The minimum Gasteiger partial charge on any atom is -0.353 e. The van der Waals surface area contributed by atoms with Gasteiger partial charge >= 0.3 is 6.03 Å². The van der Waals surface area contributed by atoms with Crippen LogP contribution < -0.4 is 10.2 Å². The quantitative estimate of drug-likeness (QED) is 0.702. The Kier molecular flexibility index (Phi) is 5.27. The predicted molar refractivity (Wildman–Crippen MR) is 106 cm³/mol. The molecule has 1 N–H and O–H groups in total. The van der Waals surface area contributed by atoms with Crippen LogP contribution in [0.2, 0.25) is 10.0 Å². The molecular formula is C17H16Cl2N8O. The van der Waals surface area contributed by atoms with Crippen LogP contribution in [0, 0.1) is 0 Å². The van der Waals surface area contributed by atoms with Gasteiger partial charge in [0.05, 0.1) is 10.7 Å². The molecule has 0 atom stereocenters. The maximum Gasteiger partial charge on any atom is 0.322 e. The molecule has 1 saturated heterocycles. The molecule has 9 nitrogen and oxygen atoms in total. The van der Waals surface area contributed by atoms with Crippen LogP contribution in [0.4, 0.5) is 16.3 Å². The highest BCUT2D eigenvalue weighted by Crippen LogP contribution is 2.26. The molecule has 1 aliphatic heterocycles. The highest BCUT2D eigenvalue weighted by atomic mass is 35.5. The summed E-state index contributed by atoms with van der Waals surface area (Å²) in [5.41, 5.74) is 0.495. The van der Waals surface area contributed by atoms with Crippen molar-refractivity contribution in [3.05, 3.63) is 53.3 Å².